The van der Waals surface area contributed by atoms with Gasteiger partial charge in [-0.05, 0) is 37.8 Å². The van der Waals surface area contributed by atoms with E-state index in [2.05, 4.69) is 0 Å². The Labute approximate surface area is 124 Å². The fourth-order valence-corrected chi connectivity index (χ4v) is 2.76. The van der Waals surface area contributed by atoms with Crippen molar-refractivity contribution in [1.29, 1.82) is 0 Å². The van der Waals surface area contributed by atoms with E-state index >= 15 is 0 Å². The largest absolute Gasteiger partial charge is 0.497 e. The molecule has 0 aliphatic heterocycles. The van der Waals surface area contributed by atoms with Crippen LogP contribution in [0.5, 0.6) is 5.75 Å². The molecule has 1 fully saturated rings. The molecule has 0 bridgehead atoms. The van der Waals surface area contributed by atoms with Gasteiger partial charge >= 0.3 is 0 Å². The third-order valence-electron chi connectivity index (χ3n) is 3.23. The first-order chi connectivity index (χ1) is 9.92. The van der Waals surface area contributed by atoms with Crippen molar-refractivity contribution >= 4 is 15.9 Å². The predicted octanol–water partition coefficient (Wildman–Crippen LogP) is 1.32. The topological polar surface area (TPSA) is 81.7 Å². The lowest BCUT2D eigenvalue weighted by molar-refractivity contribution is -0.130. The highest BCUT2D eigenvalue weighted by Gasteiger charge is 2.26. The Kier molecular flexibility index (Phi) is 4.84. The number of ether oxygens (including phenoxy) is 2. The van der Waals surface area contributed by atoms with Crippen LogP contribution in [0.3, 0.4) is 0 Å². The average molecular weight is 313 g/mol. The summed E-state index contributed by atoms with van der Waals surface area (Å²) in [4.78, 5) is 11.8. The molecule has 0 heterocycles. The Morgan fingerprint density at radius 1 is 1.43 bits per heavy atom. The summed E-state index contributed by atoms with van der Waals surface area (Å²) >= 11 is 0. The molecule has 0 radical (unpaired) electrons. The second-order valence-corrected chi connectivity index (χ2v) is 6.75. The van der Waals surface area contributed by atoms with E-state index in [1.807, 2.05) is 4.72 Å². The number of carbonyl (C=O) groups is 1. The van der Waals surface area contributed by atoms with Crippen LogP contribution in [0.1, 0.15) is 19.8 Å². The van der Waals surface area contributed by atoms with E-state index < -0.39 is 22.0 Å². The zero-order valence-corrected chi connectivity index (χ0v) is 12.9. The Morgan fingerprint density at radius 2 is 2.14 bits per heavy atom. The summed E-state index contributed by atoms with van der Waals surface area (Å²) in [6.07, 6.45) is 1.42. The normalized spacial score (nSPS) is 16.3. The Bertz CT molecular complexity index is 610. The predicted molar refractivity (Wildman–Crippen MR) is 76.5 cm³/mol. The smallest absolute Gasteiger partial charge is 0.264 e. The number of carbonyl (C=O) groups excluding carboxylic acids is 1. The zero-order chi connectivity index (χ0) is 15.5. The third-order valence-corrected chi connectivity index (χ3v) is 4.58. The van der Waals surface area contributed by atoms with Crippen LogP contribution in [0.4, 0.5) is 0 Å². The summed E-state index contributed by atoms with van der Waals surface area (Å²) in [5.74, 6) is 0.247. The number of hydrogen-bond donors (Lipinski definition) is 1. The van der Waals surface area contributed by atoms with Gasteiger partial charge in [0.25, 0.3) is 15.9 Å². The number of benzene rings is 1. The van der Waals surface area contributed by atoms with E-state index in [1.54, 1.807) is 19.1 Å². The lowest BCUT2D eigenvalue weighted by atomic mass is 10.3. The Morgan fingerprint density at radius 3 is 2.76 bits per heavy atom. The molecule has 116 valence electrons. The van der Waals surface area contributed by atoms with Crippen molar-refractivity contribution < 1.29 is 22.7 Å². The van der Waals surface area contributed by atoms with Gasteiger partial charge in [0, 0.05) is 6.07 Å². The van der Waals surface area contributed by atoms with Gasteiger partial charge in [-0.25, -0.2) is 13.1 Å². The van der Waals surface area contributed by atoms with Crippen LogP contribution < -0.4 is 9.46 Å². The molecule has 0 saturated heterocycles. The lowest BCUT2D eigenvalue weighted by Crippen LogP contribution is -2.38. The van der Waals surface area contributed by atoms with Crippen LogP contribution in [0.2, 0.25) is 0 Å². The fraction of sp³-hybridized carbons (Fsp3) is 0.500. The standard InChI is InChI=1S/C14H19NO5S/c1-10(20-9-11-6-7-11)14(16)15-21(17,18)13-5-3-4-12(8-13)19-2/h3-5,8,10-11H,6-7,9H2,1-2H3,(H,15,16)/t10-/m1/s1. The molecule has 2 rings (SSSR count). The van der Waals surface area contributed by atoms with Crippen molar-refractivity contribution in [2.75, 3.05) is 13.7 Å². The summed E-state index contributed by atoms with van der Waals surface area (Å²) in [6.45, 7) is 2.03. The molecular formula is C14H19NO5S. The number of methoxy groups -OCH3 is 1. The Balaban J connectivity index is 1.99. The van der Waals surface area contributed by atoms with Crippen molar-refractivity contribution in [1.82, 2.24) is 4.72 Å². The van der Waals surface area contributed by atoms with E-state index in [4.69, 9.17) is 9.47 Å². The Hall–Kier alpha value is -1.60. The van der Waals surface area contributed by atoms with E-state index in [-0.39, 0.29) is 4.90 Å². The monoisotopic (exact) mass is 313 g/mol. The molecule has 1 aromatic rings. The average Bonchev–Trinajstić information content (AvgIpc) is 3.28. The second kappa shape index (κ2) is 6.44. The van der Waals surface area contributed by atoms with Crippen molar-refractivity contribution in [3.8, 4) is 5.75 Å². The molecule has 6 nitrogen and oxygen atoms in total. The van der Waals surface area contributed by atoms with Crippen LogP contribution in [0.25, 0.3) is 0 Å². The number of rotatable bonds is 7. The van der Waals surface area contributed by atoms with Crippen molar-refractivity contribution in [3.63, 3.8) is 0 Å². The maximum absolute atomic E-state index is 12.1. The molecule has 1 aliphatic carbocycles. The maximum Gasteiger partial charge on any atom is 0.264 e. The van der Waals surface area contributed by atoms with Gasteiger partial charge in [-0.15, -0.1) is 0 Å². The molecule has 1 amide bonds. The molecular weight excluding hydrogens is 294 g/mol. The van der Waals surface area contributed by atoms with E-state index in [9.17, 15) is 13.2 Å². The van der Waals surface area contributed by atoms with Crippen LogP contribution in [-0.2, 0) is 19.6 Å². The van der Waals surface area contributed by atoms with E-state index in [0.29, 0.717) is 18.3 Å². The summed E-state index contributed by atoms with van der Waals surface area (Å²) in [5, 5.41) is 0. The van der Waals surface area contributed by atoms with Gasteiger partial charge in [-0.3, -0.25) is 4.79 Å². The minimum atomic E-state index is -3.92. The molecule has 0 unspecified atom stereocenters. The van der Waals surface area contributed by atoms with Crippen LogP contribution in [0.15, 0.2) is 29.2 Å². The number of sulfonamides is 1. The summed E-state index contributed by atoms with van der Waals surface area (Å²) < 4.78 is 36.6. The lowest BCUT2D eigenvalue weighted by Gasteiger charge is -2.13. The van der Waals surface area contributed by atoms with Crippen LogP contribution >= 0.6 is 0 Å². The molecule has 1 aliphatic rings. The molecule has 21 heavy (non-hydrogen) atoms. The van der Waals surface area contributed by atoms with Gasteiger partial charge < -0.3 is 9.47 Å². The minimum absolute atomic E-state index is 0.0235. The third kappa shape index (κ3) is 4.44. The molecule has 0 spiro atoms. The van der Waals surface area contributed by atoms with Gasteiger partial charge in [0.2, 0.25) is 0 Å². The van der Waals surface area contributed by atoms with Crippen LogP contribution in [0, 0.1) is 5.92 Å². The highest BCUT2D eigenvalue weighted by molar-refractivity contribution is 7.90. The van der Waals surface area contributed by atoms with Gasteiger partial charge in [0.1, 0.15) is 11.9 Å². The van der Waals surface area contributed by atoms with Gasteiger partial charge in [-0.2, -0.15) is 0 Å². The zero-order valence-electron chi connectivity index (χ0n) is 12.0. The molecule has 0 aromatic heterocycles. The molecule has 7 heteroatoms. The highest BCUT2D eigenvalue weighted by atomic mass is 32.2. The first kappa shape index (κ1) is 15.8. The first-order valence-electron chi connectivity index (χ1n) is 6.74. The van der Waals surface area contributed by atoms with Crippen molar-refractivity contribution in [2.24, 2.45) is 5.92 Å². The number of amides is 1. The number of nitrogens with one attached hydrogen (secondary N) is 1. The van der Waals surface area contributed by atoms with Crippen molar-refractivity contribution in [2.45, 2.75) is 30.8 Å². The highest BCUT2D eigenvalue weighted by Crippen LogP contribution is 2.29. The maximum atomic E-state index is 12.1. The van der Waals surface area contributed by atoms with Crippen molar-refractivity contribution in [3.05, 3.63) is 24.3 Å². The summed E-state index contributed by atoms with van der Waals surface area (Å²) in [5.41, 5.74) is 0. The molecule has 1 N–H and O–H groups in total. The van der Waals surface area contributed by atoms with Crippen LogP contribution in [-0.4, -0.2) is 34.1 Å². The first-order valence-corrected chi connectivity index (χ1v) is 8.23. The SMILES string of the molecule is COc1cccc(S(=O)(=O)NC(=O)[C@@H](C)OCC2CC2)c1. The molecule has 1 aromatic carbocycles. The fourth-order valence-electron chi connectivity index (χ4n) is 1.68. The van der Waals surface area contributed by atoms with E-state index in [0.717, 1.165) is 12.8 Å². The van der Waals surface area contributed by atoms with Gasteiger partial charge in [0.05, 0.1) is 18.6 Å². The number of hydrogen-bond acceptors (Lipinski definition) is 5. The quantitative estimate of drug-likeness (QED) is 0.821. The summed E-state index contributed by atoms with van der Waals surface area (Å²) in [6, 6.07) is 5.92. The molecule has 1 saturated carbocycles. The van der Waals surface area contributed by atoms with Gasteiger partial charge in [0.15, 0.2) is 0 Å². The van der Waals surface area contributed by atoms with E-state index in [1.165, 1.54) is 19.2 Å². The molecule has 1 atom stereocenters. The van der Waals surface area contributed by atoms with Gasteiger partial charge in [-0.1, -0.05) is 6.07 Å². The summed E-state index contributed by atoms with van der Waals surface area (Å²) in [7, 11) is -2.48. The second-order valence-electron chi connectivity index (χ2n) is 5.07. The minimum Gasteiger partial charge on any atom is -0.497 e.